The Hall–Kier alpha value is 0.270. The third kappa shape index (κ3) is 5.23. The van der Waals surface area contributed by atoms with Crippen LogP contribution in [0, 0.1) is 0 Å². The Morgan fingerprint density at radius 2 is 2.14 bits per heavy atom. The van der Waals surface area contributed by atoms with Gasteiger partial charge in [0.1, 0.15) is 0 Å². The fourth-order valence-corrected chi connectivity index (χ4v) is 2.65. The zero-order chi connectivity index (χ0) is 10.6. The molecule has 0 aromatic carbocycles. The zero-order valence-electron chi connectivity index (χ0n) is 9.75. The largest absolute Gasteiger partial charge is 0.326 e. The standard InChI is InChI=1S/C11H24N2S/c1-10-4-6-13(8-9-14-10)7-5-11(2,3)12/h10H,4-9,12H2,1-3H3. The Bertz CT molecular complexity index is 165. The van der Waals surface area contributed by atoms with Crippen molar-refractivity contribution in [2.75, 3.05) is 25.4 Å². The second-order valence-electron chi connectivity index (χ2n) is 5.05. The lowest BCUT2D eigenvalue weighted by molar-refractivity contribution is 0.263. The van der Waals surface area contributed by atoms with Crippen molar-refractivity contribution in [2.45, 2.75) is 44.4 Å². The second-order valence-corrected chi connectivity index (χ2v) is 6.60. The summed E-state index contributed by atoms with van der Waals surface area (Å²) in [6.07, 6.45) is 2.43. The molecule has 0 saturated carbocycles. The van der Waals surface area contributed by atoms with E-state index in [-0.39, 0.29) is 5.54 Å². The van der Waals surface area contributed by atoms with Gasteiger partial charge in [0, 0.05) is 23.1 Å². The molecular formula is C11H24N2S. The van der Waals surface area contributed by atoms with Crippen molar-refractivity contribution >= 4 is 11.8 Å². The first-order valence-electron chi connectivity index (χ1n) is 5.60. The Labute approximate surface area is 92.6 Å². The summed E-state index contributed by atoms with van der Waals surface area (Å²) in [7, 11) is 0. The molecule has 1 aliphatic heterocycles. The molecule has 0 aromatic rings. The monoisotopic (exact) mass is 216 g/mol. The van der Waals surface area contributed by atoms with Crippen LogP contribution < -0.4 is 5.73 Å². The van der Waals surface area contributed by atoms with Crippen LogP contribution in [0.5, 0.6) is 0 Å². The first-order valence-corrected chi connectivity index (χ1v) is 6.65. The van der Waals surface area contributed by atoms with E-state index in [1.807, 2.05) is 0 Å². The predicted molar refractivity (Wildman–Crippen MR) is 65.9 cm³/mol. The van der Waals surface area contributed by atoms with Crippen molar-refractivity contribution in [2.24, 2.45) is 5.73 Å². The number of hydrogen-bond donors (Lipinski definition) is 1. The minimum atomic E-state index is -0.00887. The molecule has 1 rings (SSSR count). The van der Waals surface area contributed by atoms with Gasteiger partial charge in [0.2, 0.25) is 0 Å². The fourth-order valence-electron chi connectivity index (χ4n) is 1.61. The highest BCUT2D eigenvalue weighted by Gasteiger charge is 2.16. The topological polar surface area (TPSA) is 29.3 Å². The summed E-state index contributed by atoms with van der Waals surface area (Å²) in [6, 6.07) is 0. The van der Waals surface area contributed by atoms with Crippen LogP contribution in [0.15, 0.2) is 0 Å². The lowest BCUT2D eigenvalue weighted by Gasteiger charge is -2.25. The van der Waals surface area contributed by atoms with Gasteiger partial charge in [0.25, 0.3) is 0 Å². The Kier molecular flexibility index (Phi) is 4.74. The van der Waals surface area contributed by atoms with Crippen molar-refractivity contribution in [3.63, 3.8) is 0 Å². The Morgan fingerprint density at radius 1 is 1.43 bits per heavy atom. The van der Waals surface area contributed by atoms with Gasteiger partial charge >= 0.3 is 0 Å². The first-order chi connectivity index (χ1) is 6.47. The van der Waals surface area contributed by atoms with Gasteiger partial charge in [-0.1, -0.05) is 6.92 Å². The van der Waals surface area contributed by atoms with Crippen LogP contribution in [0.2, 0.25) is 0 Å². The molecule has 1 heterocycles. The molecule has 84 valence electrons. The van der Waals surface area contributed by atoms with Gasteiger partial charge in [-0.2, -0.15) is 11.8 Å². The van der Waals surface area contributed by atoms with Crippen molar-refractivity contribution in [3.05, 3.63) is 0 Å². The van der Waals surface area contributed by atoms with E-state index >= 15 is 0 Å². The maximum atomic E-state index is 5.99. The van der Waals surface area contributed by atoms with Crippen LogP contribution >= 0.6 is 11.8 Å². The SMILES string of the molecule is CC1CCN(CCC(C)(C)N)CCS1. The van der Waals surface area contributed by atoms with Crippen molar-refractivity contribution in [3.8, 4) is 0 Å². The maximum Gasteiger partial charge on any atom is 0.0109 e. The summed E-state index contributed by atoms with van der Waals surface area (Å²) in [5.74, 6) is 1.28. The fraction of sp³-hybridized carbons (Fsp3) is 1.00. The van der Waals surface area contributed by atoms with Gasteiger partial charge in [-0.25, -0.2) is 0 Å². The molecule has 1 fully saturated rings. The van der Waals surface area contributed by atoms with E-state index < -0.39 is 0 Å². The van der Waals surface area contributed by atoms with E-state index in [1.165, 1.54) is 25.3 Å². The third-order valence-electron chi connectivity index (χ3n) is 2.73. The summed E-state index contributed by atoms with van der Waals surface area (Å²) < 4.78 is 0. The number of nitrogens with zero attached hydrogens (tertiary/aromatic N) is 1. The normalized spacial score (nSPS) is 26.1. The molecule has 1 unspecified atom stereocenters. The smallest absolute Gasteiger partial charge is 0.0109 e. The van der Waals surface area contributed by atoms with E-state index in [2.05, 4.69) is 37.4 Å². The molecule has 0 bridgehead atoms. The van der Waals surface area contributed by atoms with E-state index in [0.29, 0.717) is 0 Å². The average molecular weight is 216 g/mol. The molecule has 0 spiro atoms. The van der Waals surface area contributed by atoms with Crippen LogP contribution in [-0.2, 0) is 0 Å². The summed E-state index contributed by atoms with van der Waals surface area (Å²) in [4.78, 5) is 2.56. The molecular weight excluding hydrogens is 192 g/mol. The van der Waals surface area contributed by atoms with Gasteiger partial charge < -0.3 is 10.6 Å². The zero-order valence-corrected chi connectivity index (χ0v) is 10.6. The van der Waals surface area contributed by atoms with E-state index in [9.17, 15) is 0 Å². The van der Waals surface area contributed by atoms with Gasteiger partial charge in [0.05, 0.1) is 0 Å². The predicted octanol–water partition coefficient (Wildman–Crippen LogP) is 1.94. The minimum absolute atomic E-state index is 0.00887. The molecule has 3 heteroatoms. The first kappa shape index (κ1) is 12.3. The van der Waals surface area contributed by atoms with Crippen molar-refractivity contribution < 1.29 is 0 Å². The number of nitrogens with two attached hydrogens (primary N) is 1. The summed E-state index contributed by atoms with van der Waals surface area (Å²) in [6.45, 7) is 10.2. The molecule has 1 aliphatic rings. The molecule has 0 amide bonds. The molecule has 0 aliphatic carbocycles. The Balaban J connectivity index is 2.24. The molecule has 0 aromatic heterocycles. The van der Waals surface area contributed by atoms with Crippen molar-refractivity contribution in [1.82, 2.24) is 4.90 Å². The van der Waals surface area contributed by atoms with Gasteiger partial charge in [0.15, 0.2) is 0 Å². The molecule has 14 heavy (non-hydrogen) atoms. The summed E-state index contributed by atoms with van der Waals surface area (Å²) in [5.41, 5.74) is 5.98. The Morgan fingerprint density at radius 3 is 2.79 bits per heavy atom. The van der Waals surface area contributed by atoms with Gasteiger partial charge in [-0.15, -0.1) is 0 Å². The average Bonchev–Trinajstić information content (AvgIpc) is 2.25. The van der Waals surface area contributed by atoms with E-state index in [0.717, 1.165) is 18.2 Å². The van der Waals surface area contributed by atoms with Crippen LogP contribution in [0.1, 0.15) is 33.6 Å². The highest BCUT2D eigenvalue weighted by molar-refractivity contribution is 7.99. The van der Waals surface area contributed by atoms with Gasteiger partial charge in [-0.3, -0.25) is 0 Å². The quantitative estimate of drug-likeness (QED) is 0.782. The number of thioether (sulfide) groups is 1. The van der Waals surface area contributed by atoms with Crippen LogP contribution in [0.3, 0.4) is 0 Å². The van der Waals surface area contributed by atoms with Crippen LogP contribution in [0.4, 0.5) is 0 Å². The molecule has 1 atom stereocenters. The molecule has 2 N–H and O–H groups in total. The number of rotatable bonds is 3. The molecule has 0 radical (unpaired) electrons. The molecule has 1 saturated heterocycles. The second kappa shape index (κ2) is 5.38. The number of hydrogen-bond acceptors (Lipinski definition) is 3. The van der Waals surface area contributed by atoms with E-state index in [4.69, 9.17) is 5.73 Å². The maximum absolute atomic E-state index is 5.99. The summed E-state index contributed by atoms with van der Waals surface area (Å²) >= 11 is 2.10. The molecule has 2 nitrogen and oxygen atoms in total. The van der Waals surface area contributed by atoms with Gasteiger partial charge in [-0.05, 0) is 39.8 Å². The highest BCUT2D eigenvalue weighted by atomic mass is 32.2. The van der Waals surface area contributed by atoms with E-state index in [1.54, 1.807) is 0 Å². The van der Waals surface area contributed by atoms with Crippen LogP contribution in [0.25, 0.3) is 0 Å². The third-order valence-corrected chi connectivity index (χ3v) is 3.96. The summed E-state index contributed by atoms with van der Waals surface area (Å²) in [5, 5.41) is 0.839. The van der Waals surface area contributed by atoms with Crippen molar-refractivity contribution in [1.29, 1.82) is 0 Å². The van der Waals surface area contributed by atoms with Crippen LogP contribution in [-0.4, -0.2) is 41.1 Å². The lowest BCUT2D eigenvalue weighted by atomic mass is 10.0. The highest BCUT2D eigenvalue weighted by Crippen LogP contribution is 2.19. The lowest BCUT2D eigenvalue weighted by Crippen LogP contribution is -2.38. The minimum Gasteiger partial charge on any atom is -0.326 e.